The van der Waals surface area contributed by atoms with E-state index >= 15 is 0 Å². The predicted molar refractivity (Wildman–Crippen MR) is 102 cm³/mol. The van der Waals surface area contributed by atoms with Crippen LogP contribution in [-0.2, 0) is 9.59 Å². The van der Waals surface area contributed by atoms with Gasteiger partial charge in [0.25, 0.3) is 0 Å². The maximum atomic E-state index is 12.2. The Morgan fingerprint density at radius 1 is 1.17 bits per heavy atom. The van der Waals surface area contributed by atoms with Crippen molar-refractivity contribution in [3.05, 3.63) is 34.4 Å². The predicted octanol–water partition coefficient (Wildman–Crippen LogP) is 5.95. The molecule has 134 valence electrons. The first-order chi connectivity index (χ1) is 11.6. The number of allylic oxidation sites excluding steroid dienone is 6. The Labute approximate surface area is 154 Å². The molecular formula is C20H29BrO3. The highest BCUT2D eigenvalue weighted by molar-refractivity contribution is 9.12. The van der Waals surface area contributed by atoms with Crippen LogP contribution in [0.3, 0.4) is 0 Å². The largest absolute Gasteiger partial charge is 0.481 e. The molecule has 0 aliphatic heterocycles. The molecule has 0 radical (unpaired) electrons. The summed E-state index contributed by atoms with van der Waals surface area (Å²) in [5.74, 6) is -0.462. The second-order valence-corrected chi connectivity index (χ2v) is 7.16. The third kappa shape index (κ3) is 8.09. The minimum absolute atomic E-state index is 0.102. The van der Waals surface area contributed by atoms with Crippen molar-refractivity contribution in [2.24, 2.45) is 5.92 Å². The minimum Gasteiger partial charge on any atom is -0.481 e. The molecule has 1 atom stereocenters. The zero-order valence-corrected chi connectivity index (χ0v) is 16.2. The number of carbonyl (C=O) groups is 2. The summed E-state index contributed by atoms with van der Waals surface area (Å²) in [5, 5.41) is 8.62. The number of halogens is 1. The molecule has 0 bridgehead atoms. The first kappa shape index (κ1) is 20.9. The summed E-state index contributed by atoms with van der Waals surface area (Å²) in [4.78, 5) is 22.7. The summed E-state index contributed by atoms with van der Waals surface area (Å²) in [6, 6.07) is 0. The Morgan fingerprint density at radius 2 is 1.92 bits per heavy atom. The minimum atomic E-state index is -0.738. The second kappa shape index (κ2) is 12.2. The zero-order chi connectivity index (χ0) is 17.8. The van der Waals surface area contributed by atoms with Crippen molar-refractivity contribution in [2.45, 2.75) is 71.1 Å². The van der Waals surface area contributed by atoms with Crippen molar-refractivity contribution in [2.75, 3.05) is 0 Å². The molecule has 1 aliphatic carbocycles. The molecule has 0 aromatic rings. The van der Waals surface area contributed by atoms with Gasteiger partial charge in [0.15, 0.2) is 5.78 Å². The van der Waals surface area contributed by atoms with Crippen molar-refractivity contribution >= 4 is 27.7 Å². The molecule has 0 heterocycles. The van der Waals surface area contributed by atoms with Crippen molar-refractivity contribution in [3.8, 4) is 0 Å². The fourth-order valence-corrected chi connectivity index (χ4v) is 3.36. The Morgan fingerprint density at radius 3 is 2.62 bits per heavy atom. The van der Waals surface area contributed by atoms with E-state index < -0.39 is 5.97 Å². The molecule has 1 rings (SSSR count). The van der Waals surface area contributed by atoms with Gasteiger partial charge in [-0.3, -0.25) is 9.59 Å². The van der Waals surface area contributed by atoms with Crippen LogP contribution >= 0.6 is 15.9 Å². The highest BCUT2D eigenvalue weighted by Gasteiger charge is 2.27. The summed E-state index contributed by atoms with van der Waals surface area (Å²) in [5.41, 5.74) is 0.887. The molecule has 0 aromatic carbocycles. The smallest absolute Gasteiger partial charge is 0.303 e. The van der Waals surface area contributed by atoms with Crippen LogP contribution in [0.1, 0.15) is 71.1 Å². The number of unbranched alkanes of at least 4 members (excludes halogenated alkanes) is 6. The third-order valence-electron chi connectivity index (χ3n) is 4.22. The Hall–Kier alpha value is -1.16. The van der Waals surface area contributed by atoms with Gasteiger partial charge < -0.3 is 5.11 Å². The van der Waals surface area contributed by atoms with Gasteiger partial charge in [-0.1, -0.05) is 50.5 Å². The molecule has 3 nitrogen and oxygen atoms in total. The van der Waals surface area contributed by atoms with Crippen molar-refractivity contribution < 1.29 is 14.7 Å². The van der Waals surface area contributed by atoms with E-state index in [0.717, 1.165) is 37.7 Å². The fraction of sp³-hybridized carbons (Fsp3) is 0.600. The van der Waals surface area contributed by atoms with Crippen LogP contribution in [0.4, 0.5) is 0 Å². The highest BCUT2D eigenvalue weighted by Crippen LogP contribution is 2.33. The van der Waals surface area contributed by atoms with E-state index in [1.165, 1.54) is 19.3 Å². The summed E-state index contributed by atoms with van der Waals surface area (Å²) in [6.07, 6.45) is 17.8. The Bertz CT molecular complexity index is 503. The lowest BCUT2D eigenvalue weighted by Crippen LogP contribution is -2.03. The molecule has 4 heteroatoms. The van der Waals surface area contributed by atoms with E-state index in [4.69, 9.17) is 5.11 Å². The van der Waals surface area contributed by atoms with Crippen LogP contribution < -0.4 is 0 Å². The van der Waals surface area contributed by atoms with Crippen LogP contribution in [0.25, 0.3) is 0 Å². The lowest BCUT2D eigenvalue weighted by atomic mass is 9.96. The monoisotopic (exact) mass is 396 g/mol. The van der Waals surface area contributed by atoms with Crippen LogP contribution in [-0.4, -0.2) is 16.9 Å². The molecule has 24 heavy (non-hydrogen) atoms. The number of Topliss-reactive ketones (excluding diaryl/α,β-unsaturated/α-hetero) is 1. The summed E-state index contributed by atoms with van der Waals surface area (Å²) < 4.78 is 0.670. The van der Waals surface area contributed by atoms with Gasteiger partial charge >= 0.3 is 5.97 Å². The maximum absolute atomic E-state index is 12.2. The molecule has 1 aliphatic rings. The lowest BCUT2D eigenvalue weighted by Gasteiger charge is -2.07. The van der Waals surface area contributed by atoms with E-state index in [0.29, 0.717) is 10.9 Å². The van der Waals surface area contributed by atoms with Gasteiger partial charge in [-0.15, -0.1) is 0 Å². The van der Waals surface area contributed by atoms with E-state index in [-0.39, 0.29) is 18.1 Å². The fourth-order valence-electron chi connectivity index (χ4n) is 2.82. The standard InChI is InChI=1S/C20H29BrO3/c1-2-3-4-5-6-9-12-16-15-18(21)20(24)17(16)13-10-7-8-11-14-19(22)23/h6,9,13,15-16H,2-5,7-8,10-12,14H2,1H3,(H,22,23). The molecular weight excluding hydrogens is 368 g/mol. The number of aliphatic carboxylic acids is 1. The molecule has 1 N–H and O–H groups in total. The topological polar surface area (TPSA) is 54.4 Å². The third-order valence-corrected chi connectivity index (χ3v) is 4.84. The molecule has 0 amide bonds. The van der Waals surface area contributed by atoms with Crippen molar-refractivity contribution in [3.63, 3.8) is 0 Å². The normalized spacial score (nSPS) is 19.4. The van der Waals surface area contributed by atoms with E-state index in [9.17, 15) is 9.59 Å². The van der Waals surface area contributed by atoms with Gasteiger partial charge in [-0.2, -0.15) is 0 Å². The van der Waals surface area contributed by atoms with Gasteiger partial charge in [-0.25, -0.2) is 0 Å². The number of carboxylic acids is 1. The Balaban J connectivity index is 2.40. The number of hydrogen-bond acceptors (Lipinski definition) is 2. The SMILES string of the molecule is CCCCCC=CCC1C=C(Br)C(=O)C1=CCCCCCC(=O)O. The average molecular weight is 397 g/mol. The molecule has 0 saturated carbocycles. The molecule has 0 fully saturated rings. The van der Waals surface area contributed by atoms with Gasteiger partial charge in [0, 0.05) is 17.9 Å². The quantitative estimate of drug-likeness (QED) is 0.251. The number of rotatable bonds is 12. The summed E-state index contributed by atoms with van der Waals surface area (Å²) >= 11 is 3.36. The van der Waals surface area contributed by atoms with Gasteiger partial charge in [0.1, 0.15) is 0 Å². The van der Waals surface area contributed by atoms with Gasteiger partial charge in [-0.05, 0) is 54.5 Å². The lowest BCUT2D eigenvalue weighted by molar-refractivity contribution is -0.137. The maximum Gasteiger partial charge on any atom is 0.303 e. The van der Waals surface area contributed by atoms with Crippen LogP contribution in [0.5, 0.6) is 0 Å². The molecule has 0 aromatic heterocycles. The zero-order valence-electron chi connectivity index (χ0n) is 14.6. The van der Waals surface area contributed by atoms with Crippen LogP contribution in [0.2, 0.25) is 0 Å². The molecule has 0 spiro atoms. The number of ketones is 1. The summed E-state index contributed by atoms with van der Waals surface area (Å²) in [6.45, 7) is 2.20. The first-order valence-electron chi connectivity index (χ1n) is 9.05. The van der Waals surface area contributed by atoms with Gasteiger partial charge in [0.2, 0.25) is 0 Å². The average Bonchev–Trinajstić information content (AvgIpc) is 2.81. The second-order valence-electron chi connectivity index (χ2n) is 6.31. The van der Waals surface area contributed by atoms with E-state index in [2.05, 4.69) is 35.0 Å². The number of carbonyl (C=O) groups excluding carboxylic acids is 1. The molecule has 0 saturated heterocycles. The number of carboxylic acid groups (broad SMARTS) is 1. The van der Waals surface area contributed by atoms with Crippen LogP contribution in [0.15, 0.2) is 34.4 Å². The summed E-state index contributed by atoms with van der Waals surface area (Å²) in [7, 11) is 0. The van der Waals surface area contributed by atoms with Crippen molar-refractivity contribution in [1.82, 2.24) is 0 Å². The van der Waals surface area contributed by atoms with E-state index in [1.807, 2.05) is 12.2 Å². The highest BCUT2D eigenvalue weighted by atomic mass is 79.9. The number of hydrogen-bond donors (Lipinski definition) is 1. The Kier molecular flexibility index (Phi) is 10.6. The van der Waals surface area contributed by atoms with E-state index in [1.54, 1.807) is 0 Å². The van der Waals surface area contributed by atoms with Gasteiger partial charge in [0.05, 0.1) is 4.48 Å². The van der Waals surface area contributed by atoms with Crippen LogP contribution in [0, 0.1) is 5.92 Å². The van der Waals surface area contributed by atoms with Crippen molar-refractivity contribution in [1.29, 1.82) is 0 Å². The molecule has 1 unspecified atom stereocenters. The first-order valence-corrected chi connectivity index (χ1v) is 9.84.